The van der Waals surface area contributed by atoms with Crippen molar-refractivity contribution in [3.05, 3.63) is 76.9 Å². The molecule has 140 valence electrons. The predicted molar refractivity (Wildman–Crippen MR) is 99.2 cm³/mol. The Bertz CT molecular complexity index is 1080. The van der Waals surface area contributed by atoms with Crippen molar-refractivity contribution in [2.24, 2.45) is 0 Å². The van der Waals surface area contributed by atoms with Crippen LogP contribution >= 0.6 is 0 Å². The maximum atomic E-state index is 12.9. The number of aromatic hydroxyl groups is 2. The second-order valence-corrected chi connectivity index (χ2v) is 6.65. The average molecular weight is 376 g/mol. The van der Waals surface area contributed by atoms with Gasteiger partial charge in [-0.1, -0.05) is 12.1 Å². The minimum absolute atomic E-state index is 0.0186. The number of esters is 1. The van der Waals surface area contributed by atoms with Crippen LogP contribution in [0.5, 0.6) is 28.7 Å². The summed E-state index contributed by atoms with van der Waals surface area (Å²) in [5.74, 6) is 0.685. The molecular formula is C22H16O6. The van der Waals surface area contributed by atoms with Gasteiger partial charge in [-0.05, 0) is 37.3 Å². The van der Waals surface area contributed by atoms with Crippen LogP contribution in [0.1, 0.15) is 34.0 Å². The normalized spacial score (nSPS) is 15.2. The molecule has 2 heterocycles. The summed E-state index contributed by atoms with van der Waals surface area (Å²) >= 11 is 0. The number of fused-ring (bicyclic) bond motifs is 6. The van der Waals surface area contributed by atoms with Crippen LogP contribution in [0, 0.1) is 0 Å². The molecule has 6 nitrogen and oxygen atoms in total. The molecule has 0 aromatic heterocycles. The van der Waals surface area contributed by atoms with Gasteiger partial charge in [0.2, 0.25) is 0 Å². The van der Waals surface area contributed by atoms with Crippen LogP contribution in [0.4, 0.5) is 0 Å². The van der Waals surface area contributed by atoms with Gasteiger partial charge in [-0.15, -0.1) is 0 Å². The number of hydrogen-bond acceptors (Lipinski definition) is 6. The van der Waals surface area contributed by atoms with E-state index in [1.54, 1.807) is 18.2 Å². The van der Waals surface area contributed by atoms with Gasteiger partial charge in [-0.25, -0.2) is 4.79 Å². The standard InChI is InChI=1S/C22H16O6/c1-2-26-17-5-3-4-16-20(17)21(25)28-22(16)14-8-6-12(23)10-18(14)27-19-11-13(24)7-9-15(19)22/h3-11,23-24H,2H2,1H3. The van der Waals surface area contributed by atoms with Crippen LogP contribution in [0.25, 0.3) is 0 Å². The molecule has 3 aromatic carbocycles. The Labute approximate surface area is 160 Å². The van der Waals surface area contributed by atoms with Crippen molar-refractivity contribution in [1.29, 1.82) is 0 Å². The van der Waals surface area contributed by atoms with Crippen molar-refractivity contribution in [2.75, 3.05) is 6.61 Å². The van der Waals surface area contributed by atoms with Gasteiger partial charge in [-0.3, -0.25) is 0 Å². The molecule has 5 rings (SSSR count). The van der Waals surface area contributed by atoms with Gasteiger partial charge in [0, 0.05) is 28.8 Å². The molecule has 0 atom stereocenters. The zero-order valence-electron chi connectivity index (χ0n) is 14.9. The molecule has 2 aliphatic rings. The smallest absolute Gasteiger partial charge is 0.343 e. The molecule has 0 unspecified atom stereocenters. The first-order valence-corrected chi connectivity index (χ1v) is 8.89. The molecule has 6 heteroatoms. The van der Waals surface area contributed by atoms with E-state index in [4.69, 9.17) is 14.2 Å². The SMILES string of the molecule is CCOc1cccc2c1C(=O)OC21c2ccc(O)cc2Oc2cc(O)ccc21. The maximum Gasteiger partial charge on any atom is 0.343 e. The minimum atomic E-state index is -1.26. The fourth-order valence-corrected chi connectivity index (χ4v) is 3.99. The minimum Gasteiger partial charge on any atom is -0.508 e. The Kier molecular flexibility index (Phi) is 3.34. The highest BCUT2D eigenvalue weighted by Gasteiger charge is 2.54. The highest BCUT2D eigenvalue weighted by Crippen LogP contribution is 2.57. The molecular weight excluding hydrogens is 360 g/mol. The van der Waals surface area contributed by atoms with E-state index in [9.17, 15) is 15.0 Å². The predicted octanol–water partition coefficient (Wildman–Crippen LogP) is 4.06. The number of phenolic OH excluding ortho intramolecular Hbond substituents is 2. The Morgan fingerprint density at radius 3 is 2.18 bits per heavy atom. The molecule has 28 heavy (non-hydrogen) atoms. The number of carbonyl (C=O) groups excluding carboxylic acids is 1. The van der Waals surface area contributed by atoms with E-state index in [1.165, 1.54) is 24.3 Å². The van der Waals surface area contributed by atoms with Crippen molar-refractivity contribution in [1.82, 2.24) is 0 Å². The lowest BCUT2D eigenvalue weighted by atomic mass is 9.77. The summed E-state index contributed by atoms with van der Waals surface area (Å²) in [5, 5.41) is 19.9. The topological polar surface area (TPSA) is 85.2 Å². The van der Waals surface area contributed by atoms with Crippen LogP contribution in [0.3, 0.4) is 0 Å². The Balaban J connectivity index is 1.87. The van der Waals surface area contributed by atoms with Gasteiger partial charge < -0.3 is 24.4 Å². The van der Waals surface area contributed by atoms with Crippen molar-refractivity contribution < 1.29 is 29.2 Å². The lowest BCUT2D eigenvalue weighted by Crippen LogP contribution is -2.32. The molecule has 0 saturated carbocycles. The van der Waals surface area contributed by atoms with Crippen LogP contribution in [0.2, 0.25) is 0 Å². The summed E-state index contributed by atoms with van der Waals surface area (Å²) in [7, 11) is 0. The fourth-order valence-electron chi connectivity index (χ4n) is 3.99. The zero-order chi connectivity index (χ0) is 19.5. The summed E-state index contributed by atoms with van der Waals surface area (Å²) < 4.78 is 17.6. The quantitative estimate of drug-likeness (QED) is 0.656. The Hall–Kier alpha value is -3.67. The number of hydrogen-bond donors (Lipinski definition) is 2. The van der Waals surface area contributed by atoms with E-state index in [1.807, 2.05) is 19.1 Å². The molecule has 2 N–H and O–H groups in total. The first-order valence-electron chi connectivity index (χ1n) is 8.89. The largest absolute Gasteiger partial charge is 0.508 e. The molecule has 0 amide bonds. The number of benzene rings is 3. The number of rotatable bonds is 2. The molecule has 0 saturated heterocycles. The van der Waals surface area contributed by atoms with E-state index in [-0.39, 0.29) is 11.5 Å². The number of phenols is 2. The Morgan fingerprint density at radius 2 is 1.57 bits per heavy atom. The van der Waals surface area contributed by atoms with Gasteiger partial charge in [0.25, 0.3) is 0 Å². The monoisotopic (exact) mass is 376 g/mol. The third kappa shape index (κ3) is 2.05. The summed E-state index contributed by atoms with van der Waals surface area (Å²) in [6, 6.07) is 14.7. The highest BCUT2D eigenvalue weighted by atomic mass is 16.6. The fraction of sp³-hybridized carbons (Fsp3) is 0.136. The van der Waals surface area contributed by atoms with Crippen LogP contribution in [0.15, 0.2) is 54.6 Å². The van der Waals surface area contributed by atoms with E-state index in [2.05, 4.69) is 0 Å². The first-order chi connectivity index (χ1) is 13.5. The van der Waals surface area contributed by atoms with Crippen molar-refractivity contribution in [3.8, 4) is 28.7 Å². The van der Waals surface area contributed by atoms with Gasteiger partial charge in [0.05, 0.1) is 6.61 Å². The molecule has 0 bridgehead atoms. The first kappa shape index (κ1) is 16.5. The third-order valence-electron chi connectivity index (χ3n) is 5.06. The van der Waals surface area contributed by atoms with E-state index >= 15 is 0 Å². The summed E-state index contributed by atoms with van der Waals surface area (Å²) in [6.45, 7) is 2.26. The van der Waals surface area contributed by atoms with Crippen molar-refractivity contribution >= 4 is 5.97 Å². The van der Waals surface area contributed by atoms with Gasteiger partial charge in [-0.2, -0.15) is 0 Å². The van der Waals surface area contributed by atoms with Crippen LogP contribution < -0.4 is 9.47 Å². The summed E-state index contributed by atoms with van der Waals surface area (Å²) in [6.07, 6.45) is 0. The molecule has 1 spiro atoms. The van der Waals surface area contributed by atoms with Crippen LogP contribution in [-0.2, 0) is 10.3 Å². The van der Waals surface area contributed by atoms with E-state index in [0.717, 1.165) is 0 Å². The summed E-state index contributed by atoms with van der Waals surface area (Å²) in [5.41, 5.74) is 0.910. The highest BCUT2D eigenvalue weighted by molar-refractivity contribution is 5.99. The lowest BCUT2D eigenvalue weighted by molar-refractivity contribution is 0.0223. The zero-order valence-corrected chi connectivity index (χ0v) is 14.9. The van der Waals surface area contributed by atoms with E-state index < -0.39 is 11.6 Å². The van der Waals surface area contributed by atoms with Gasteiger partial charge in [0.15, 0.2) is 5.60 Å². The molecule has 2 aliphatic heterocycles. The second-order valence-electron chi connectivity index (χ2n) is 6.65. The third-order valence-corrected chi connectivity index (χ3v) is 5.06. The molecule has 0 radical (unpaired) electrons. The second kappa shape index (κ2) is 5.66. The maximum absolute atomic E-state index is 12.9. The number of ether oxygens (including phenoxy) is 3. The van der Waals surface area contributed by atoms with Gasteiger partial charge >= 0.3 is 5.97 Å². The number of carbonyl (C=O) groups is 1. The van der Waals surface area contributed by atoms with E-state index in [0.29, 0.717) is 46.1 Å². The molecule has 3 aromatic rings. The van der Waals surface area contributed by atoms with Crippen molar-refractivity contribution in [3.63, 3.8) is 0 Å². The van der Waals surface area contributed by atoms with Gasteiger partial charge in [0.1, 0.15) is 34.3 Å². The molecule has 0 aliphatic carbocycles. The van der Waals surface area contributed by atoms with Crippen LogP contribution in [-0.4, -0.2) is 22.8 Å². The Morgan fingerprint density at radius 1 is 0.929 bits per heavy atom. The molecule has 0 fully saturated rings. The summed E-state index contributed by atoms with van der Waals surface area (Å²) in [4.78, 5) is 12.9. The lowest BCUT2D eigenvalue weighted by Gasteiger charge is -2.36. The van der Waals surface area contributed by atoms with Crippen molar-refractivity contribution in [2.45, 2.75) is 12.5 Å². The average Bonchev–Trinajstić information content (AvgIpc) is 2.96.